The fourth-order valence-electron chi connectivity index (χ4n) is 7.07. The number of fused-ring (bicyclic) bond motifs is 5. The minimum atomic E-state index is 0.0685. The highest BCUT2D eigenvalue weighted by molar-refractivity contribution is 5.87. The van der Waals surface area contributed by atoms with Crippen molar-refractivity contribution in [3.05, 3.63) is 0 Å². The van der Waals surface area contributed by atoms with Crippen LogP contribution in [0.1, 0.15) is 78.1 Å². The van der Waals surface area contributed by atoms with Crippen LogP contribution in [0.5, 0.6) is 0 Å². The van der Waals surface area contributed by atoms with E-state index in [2.05, 4.69) is 13.8 Å². The fourth-order valence-corrected chi connectivity index (χ4v) is 7.07. The molecule has 0 spiro atoms. The molecule has 0 aliphatic heterocycles. The van der Waals surface area contributed by atoms with Gasteiger partial charge in [-0.1, -0.05) is 26.7 Å². The highest BCUT2D eigenvalue weighted by Gasteiger charge is 2.59. The van der Waals surface area contributed by atoms with E-state index in [1.807, 2.05) is 0 Å². The maximum Gasteiger partial charge on any atom is 0.139 e. The van der Waals surface area contributed by atoms with Gasteiger partial charge in [0, 0.05) is 11.8 Å². The normalized spacial score (nSPS) is 55.0. The van der Waals surface area contributed by atoms with E-state index in [4.69, 9.17) is 0 Å². The lowest BCUT2D eigenvalue weighted by molar-refractivity contribution is -0.138. The number of carbonyl (C=O) groups excluding carboxylic acids is 1. The van der Waals surface area contributed by atoms with Crippen LogP contribution >= 0.6 is 0 Å². The van der Waals surface area contributed by atoms with Crippen molar-refractivity contribution in [1.82, 2.24) is 0 Å². The van der Waals surface area contributed by atoms with Gasteiger partial charge in [-0.2, -0.15) is 0 Å². The molecule has 4 rings (SSSR count). The molecule has 0 bridgehead atoms. The zero-order valence-electron chi connectivity index (χ0n) is 13.3. The average Bonchev–Trinajstić information content (AvgIpc) is 2.74. The summed E-state index contributed by atoms with van der Waals surface area (Å²) in [5, 5.41) is 0. The Labute approximate surface area is 123 Å². The number of rotatable bonds is 0. The largest absolute Gasteiger partial charge is 0.299 e. The van der Waals surface area contributed by atoms with Crippen LogP contribution in [0, 0.1) is 34.5 Å². The van der Waals surface area contributed by atoms with E-state index < -0.39 is 0 Å². The third-order valence-electron chi connectivity index (χ3n) is 8.29. The van der Waals surface area contributed by atoms with Crippen molar-refractivity contribution in [3.63, 3.8) is 0 Å². The van der Waals surface area contributed by atoms with Crippen LogP contribution in [0.3, 0.4) is 0 Å². The Hall–Kier alpha value is -0.330. The topological polar surface area (TPSA) is 17.1 Å². The second-order valence-electron chi connectivity index (χ2n) is 8.82. The van der Waals surface area contributed by atoms with Crippen molar-refractivity contribution in [3.8, 4) is 0 Å². The smallest absolute Gasteiger partial charge is 0.139 e. The monoisotopic (exact) mass is 274 g/mol. The van der Waals surface area contributed by atoms with Gasteiger partial charge in [0.25, 0.3) is 0 Å². The summed E-state index contributed by atoms with van der Waals surface area (Å²) in [5.41, 5.74) is 0.688. The van der Waals surface area contributed by atoms with Gasteiger partial charge in [0.1, 0.15) is 5.78 Å². The molecule has 0 amide bonds. The first-order valence-electron chi connectivity index (χ1n) is 9.09. The summed E-state index contributed by atoms with van der Waals surface area (Å²) >= 11 is 0. The number of hydrogen-bond acceptors (Lipinski definition) is 1. The van der Waals surface area contributed by atoms with Gasteiger partial charge in [-0.3, -0.25) is 4.79 Å². The molecule has 112 valence electrons. The van der Waals surface area contributed by atoms with E-state index in [-0.39, 0.29) is 5.41 Å². The van der Waals surface area contributed by atoms with E-state index in [0.29, 0.717) is 11.2 Å². The molecular weight excluding hydrogens is 244 g/mol. The molecule has 4 aliphatic rings. The molecule has 20 heavy (non-hydrogen) atoms. The molecule has 0 saturated heterocycles. The first-order valence-corrected chi connectivity index (χ1v) is 9.09. The van der Waals surface area contributed by atoms with Crippen molar-refractivity contribution in [2.24, 2.45) is 34.5 Å². The molecule has 0 aromatic heterocycles. The van der Waals surface area contributed by atoms with Gasteiger partial charge >= 0.3 is 0 Å². The first-order chi connectivity index (χ1) is 9.56. The standard InChI is InChI=1S/C19H30O/c1-18-11-4-3-5-13(18)6-7-14-15-8-9-17(20)19(15,2)12-10-16(14)18/h13-16H,3-12H2,1-2H3/t13-,14+,15+,16+,18-,19+/m0/s1. The zero-order valence-corrected chi connectivity index (χ0v) is 13.3. The van der Waals surface area contributed by atoms with Crippen LogP contribution in [0.4, 0.5) is 0 Å². The van der Waals surface area contributed by atoms with Crippen LogP contribution in [-0.4, -0.2) is 5.78 Å². The summed E-state index contributed by atoms with van der Waals surface area (Å²) in [6, 6.07) is 0. The third kappa shape index (κ3) is 1.58. The van der Waals surface area contributed by atoms with Crippen LogP contribution in [0.25, 0.3) is 0 Å². The zero-order chi connectivity index (χ0) is 14.0. The molecule has 6 atom stereocenters. The molecule has 0 N–H and O–H groups in total. The Morgan fingerprint density at radius 2 is 1.75 bits per heavy atom. The summed E-state index contributed by atoms with van der Waals surface area (Å²) in [5.74, 6) is 4.13. The average molecular weight is 274 g/mol. The number of ketones is 1. The summed E-state index contributed by atoms with van der Waals surface area (Å²) in [6.07, 6.45) is 13.4. The fraction of sp³-hybridized carbons (Fsp3) is 0.947. The molecule has 4 fully saturated rings. The molecule has 0 heterocycles. The molecule has 0 aromatic carbocycles. The molecule has 4 saturated carbocycles. The number of carbonyl (C=O) groups is 1. The second kappa shape index (κ2) is 4.34. The second-order valence-corrected chi connectivity index (χ2v) is 8.82. The molecule has 0 aromatic rings. The van der Waals surface area contributed by atoms with Crippen LogP contribution < -0.4 is 0 Å². The van der Waals surface area contributed by atoms with Crippen LogP contribution in [-0.2, 0) is 4.79 Å². The Morgan fingerprint density at radius 3 is 2.60 bits per heavy atom. The van der Waals surface area contributed by atoms with Crippen molar-refractivity contribution in [2.45, 2.75) is 78.1 Å². The summed E-state index contributed by atoms with van der Waals surface area (Å²) in [7, 11) is 0. The quantitative estimate of drug-likeness (QED) is 0.608. The Balaban J connectivity index is 1.66. The maximum absolute atomic E-state index is 12.4. The highest BCUT2D eigenvalue weighted by Crippen LogP contribution is 2.65. The predicted molar refractivity (Wildman–Crippen MR) is 81.4 cm³/mol. The molecule has 0 unspecified atom stereocenters. The Kier molecular flexibility index (Phi) is 2.89. The minimum Gasteiger partial charge on any atom is -0.299 e. The van der Waals surface area contributed by atoms with Gasteiger partial charge in [0.05, 0.1) is 0 Å². The van der Waals surface area contributed by atoms with E-state index >= 15 is 0 Å². The van der Waals surface area contributed by atoms with Gasteiger partial charge in [0.15, 0.2) is 0 Å². The Morgan fingerprint density at radius 1 is 0.900 bits per heavy atom. The van der Waals surface area contributed by atoms with Gasteiger partial charge in [-0.25, -0.2) is 0 Å². The third-order valence-corrected chi connectivity index (χ3v) is 8.29. The van der Waals surface area contributed by atoms with E-state index in [9.17, 15) is 4.79 Å². The molecule has 0 radical (unpaired) electrons. The predicted octanol–water partition coefficient (Wildman–Crippen LogP) is 4.99. The molecular formula is C19H30O. The highest BCUT2D eigenvalue weighted by atomic mass is 16.1. The lowest BCUT2D eigenvalue weighted by atomic mass is 9.45. The van der Waals surface area contributed by atoms with Gasteiger partial charge in [-0.05, 0) is 74.0 Å². The van der Waals surface area contributed by atoms with Crippen molar-refractivity contribution in [1.29, 1.82) is 0 Å². The SMILES string of the molecule is C[C@]12CCCC[C@H]1CC[C@H]1[C@H]2CC[C@@]2(C)C(=O)CC[C@H]12. The Bertz CT molecular complexity index is 427. The number of hydrogen-bond donors (Lipinski definition) is 0. The van der Waals surface area contributed by atoms with Gasteiger partial charge in [-0.15, -0.1) is 0 Å². The van der Waals surface area contributed by atoms with E-state index in [0.717, 1.165) is 30.1 Å². The summed E-state index contributed by atoms with van der Waals surface area (Å²) < 4.78 is 0. The minimum absolute atomic E-state index is 0.0685. The van der Waals surface area contributed by atoms with Gasteiger partial charge < -0.3 is 0 Å². The van der Waals surface area contributed by atoms with E-state index in [1.165, 1.54) is 57.8 Å². The lowest BCUT2D eigenvalue weighted by Crippen LogP contribution is -2.52. The number of Topliss-reactive ketones (excluding diaryl/α,β-unsaturated/α-hetero) is 1. The lowest BCUT2D eigenvalue weighted by Gasteiger charge is -2.59. The van der Waals surface area contributed by atoms with Crippen molar-refractivity contribution in [2.75, 3.05) is 0 Å². The molecule has 4 aliphatic carbocycles. The van der Waals surface area contributed by atoms with Crippen LogP contribution in [0.2, 0.25) is 0 Å². The first kappa shape index (κ1) is 13.3. The van der Waals surface area contributed by atoms with Crippen molar-refractivity contribution >= 4 is 5.78 Å². The van der Waals surface area contributed by atoms with E-state index in [1.54, 1.807) is 0 Å². The summed E-state index contributed by atoms with van der Waals surface area (Å²) in [6.45, 7) is 4.92. The summed E-state index contributed by atoms with van der Waals surface area (Å²) in [4.78, 5) is 12.4. The maximum atomic E-state index is 12.4. The van der Waals surface area contributed by atoms with Gasteiger partial charge in [0.2, 0.25) is 0 Å². The van der Waals surface area contributed by atoms with Crippen molar-refractivity contribution < 1.29 is 4.79 Å². The molecule has 1 nitrogen and oxygen atoms in total. The molecule has 1 heteroatoms. The van der Waals surface area contributed by atoms with Crippen LogP contribution in [0.15, 0.2) is 0 Å².